The smallest absolute Gasteiger partial charge is 0.293 e. The summed E-state index contributed by atoms with van der Waals surface area (Å²) < 4.78 is 13.0. The van der Waals surface area contributed by atoms with Crippen molar-refractivity contribution in [2.45, 2.75) is 13.2 Å². The van der Waals surface area contributed by atoms with Crippen LogP contribution in [0.3, 0.4) is 0 Å². The normalized spacial score (nSPS) is 14.3. The van der Waals surface area contributed by atoms with Gasteiger partial charge < -0.3 is 9.47 Å². The van der Waals surface area contributed by atoms with E-state index >= 15 is 0 Å². The van der Waals surface area contributed by atoms with Gasteiger partial charge in [0.1, 0.15) is 6.61 Å². The van der Waals surface area contributed by atoms with E-state index in [0.717, 1.165) is 27.4 Å². The lowest BCUT2D eigenvalue weighted by Gasteiger charge is -2.14. The first kappa shape index (κ1) is 25.0. The van der Waals surface area contributed by atoms with E-state index in [9.17, 15) is 9.59 Å². The van der Waals surface area contributed by atoms with Crippen LogP contribution in [0.4, 0.5) is 4.79 Å². The minimum atomic E-state index is -0.341. The molecule has 1 fully saturated rings. The molecule has 0 atom stereocenters. The molecule has 176 valence electrons. The molecule has 0 aromatic heterocycles. The second kappa shape index (κ2) is 11.1. The molecule has 0 bridgehead atoms. The lowest BCUT2D eigenvalue weighted by Crippen LogP contribution is -2.27. The van der Waals surface area contributed by atoms with E-state index in [-0.39, 0.29) is 24.3 Å². The zero-order chi connectivity index (χ0) is 24.9. The van der Waals surface area contributed by atoms with Crippen LogP contribution in [0.2, 0.25) is 0 Å². The SMILES string of the molecule is COc1cc(/C=C2\SC(=O)N(Cc3ccccc3Br)C2=O)cc(Br)c1OCc1ccc(C#N)cc1. The van der Waals surface area contributed by atoms with Crippen LogP contribution in [-0.2, 0) is 17.9 Å². The van der Waals surface area contributed by atoms with Crippen molar-refractivity contribution < 1.29 is 19.1 Å². The number of methoxy groups -OCH3 is 1. The van der Waals surface area contributed by atoms with E-state index in [4.69, 9.17) is 14.7 Å². The summed E-state index contributed by atoms with van der Waals surface area (Å²) >= 11 is 7.90. The Hall–Kier alpha value is -3.06. The predicted molar refractivity (Wildman–Crippen MR) is 142 cm³/mol. The van der Waals surface area contributed by atoms with E-state index in [2.05, 4.69) is 37.9 Å². The summed E-state index contributed by atoms with van der Waals surface area (Å²) in [5, 5.41) is 8.62. The minimum absolute atomic E-state index is 0.193. The van der Waals surface area contributed by atoms with Crippen LogP contribution in [0.5, 0.6) is 11.5 Å². The number of nitrogens with zero attached hydrogens (tertiary/aromatic N) is 2. The first-order chi connectivity index (χ1) is 16.9. The van der Waals surface area contributed by atoms with Crippen molar-refractivity contribution in [1.29, 1.82) is 5.26 Å². The molecule has 1 aliphatic heterocycles. The van der Waals surface area contributed by atoms with Gasteiger partial charge in [0, 0.05) is 4.47 Å². The lowest BCUT2D eigenvalue weighted by molar-refractivity contribution is -0.123. The maximum absolute atomic E-state index is 13.0. The molecular weight excluding hydrogens is 596 g/mol. The monoisotopic (exact) mass is 612 g/mol. The van der Waals surface area contributed by atoms with Gasteiger partial charge in [-0.25, -0.2) is 0 Å². The summed E-state index contributed by atoms with van der Waals surface area (Å²) in [6, 6.07) is 20.3. The second-order valence-corrected chi connectivity index (χ2v) is 10.2. The summed E-state index contributed by atoms with van der Waals surface area (Å²) in [5.41, 5.74) is 3.02. The maximum atomic E-state index is 13.0. The largest absolute Gasteiger partial charge is 0.493 e. The highest BCUT2D eigenvalue weighted by atomic mass is 79.9. The molecule has 0 saturated carbocycles. The maximum Gasteiger partial charge on any atom is 0.293 e. The van der Waals surface area contributed by atoms with Crippen molar-refractivity contribution >= 4 is 60.8 Å². The van der Waals surface area contributed by atoms with Crippen LogP contribution in [0.15, 0.2) is 74.5 Å². The van der Waals surface area contributed by atoms with Gasteiger partial charge in [-0.1, -0.05) is 46.3 Å². The summed E-state index contributed by atoms with van der Waals surface area (Å²) in [5.74, 6) is 0.648. The number of amides is 2. The van der Waals surface area contributed by atoms with Gasteiger partial charge in [-0.15, -0.1) is 0 Å². The topological polar surface area (TPSA) is 79.6 Å². The molecule has 3 aromatic rings. The van der Waals surface area contributed by atoms with Crippen molar-refractivity contribution in [3.8, 4) is 17.6 Å². The fraction of sp³-hybridized carbons (Fsp3) is 0.115. The Kier molecular flexibility index (Phi) is 7.96. The molecule has 1 aliphatic rings. The Morgan fingerprint density at radius 2 is 1.80 bits per heavy atom. The highest BCUT2D eigenvalue weighted by molar-refractivity contribution is 9.10. The number of rotatable bonds is 7. The molecule has 1 heterocycles. The number of hydrogen-bond donors (Lipinski definition) is 0. The average molecular weight is 614 g/mol. The van der Waals surface area contributed by atoms with Crippen molar-refractivity contribution in [1.82, 2.24) is 4.90 Å². The molecule has 0 N–H and O–H groups in total. The summed E-state index contributed by atoms with van der Waals surface area (Å²) in [7, 11) is 1.53. The number of carbonyl (C=O) groups excluding carboxylic acids is 2. The first-order valence-corrected chi connectivity index (χ1v) is 12.8. The molecule has 0 unspecified atom stereocenters. The number of benzene rings is 3. The van der Waals surface area contributed by atoms with Gasteiger partial charge in [-0.3, -0.25) is 14.5 Å². The van der Waals surface area contributed by atoms with Crippen LogP contribution in [0.25, 0.3) is 6.08 Å². The Balaban J connectivity index is 1.52. The Morgan fingerprint density at radius 1 is 1.06 bits per heavy atom. The highest BCUT2D eigenvalue weighted by Gasteiger charge is 2.35. The van der Waals surface area contributed by atoms with Gasteiger partial charge in [-0.05, 0) is 80.8 Å². The fourth-order valence-electron chi connectivity index (χ4n) is 3.38. The summed E-state index contributed by atoms with van der Waals surface area (Å²) in [4.78, 5) is 27.1. The molecule has 0 radical (unpaired) electrons. The van der Waals surface area contributed by atoms with Crippen LogP contribution in [0.1, 0.15) is 22.3 Å². The van der Waals surface area contributed by atoms with Gasteiger partial charge in [0.25, 0.3) is 11.1 Å². The summed E-state index contributed by atoms with van der Waals surface area (Å²) in [6.45, 7) is 0.479. The first-order valence-electron chi connectivity index (χ1n) is 10.4. The van der Waals surface area contributed by atoms with Gasteiger partial charge in [0.2, 0.25) is 0 Å². The third kappa shape index (κ3) is 5.78. The van der Waals surface area contributed by atoms with Crippen molar-refractivity contribution in [2.75, 3.05) is 7.11 Å². The van der Waals surface area contributed by atoms with E-state index in [1.54, 1.807) is 30.3 Å². The van der Waals surface area contributed by atoms with Crippen molar-refractivity contribution in [2.24, 2.45) is 0 Å². The van der Waals surface area contributed by atoms with E-state index in [1.807, 2.05) is 36.4 Å². The molecular formula is C26H18Br2N2O4S. The van der Waals surface area contributed by atoms with Gasteiger partial charge in [0.15, 0.2) is 11.5 Å². The molecule has 9 heteroatoms. The zero-order valence-corrected chi connectivity index (χ0v) is 22.4. The van der Waals surface area contributed by atoms with E-state index in [1.165, 1.54) is 12.0 Å². The number of carbonyl (C=O) groups is 2. The van der Waals surface area contributed by atoms with Gasteiger partial charge in [-0.2, -0.15) is 5.26 Å². The molecule has 0 spiro atoms. The highest BCUT2D eigenvalue weighted by Crippen LogP contribution is 2.40. The lowest BCUT2D eigenvalue weighted by atomic mass is 10.1. The summed E-state index contributed by atoms with van der Waals surface area (Å²) in [6.07, 6.45) is 1.67. The average Bonchev–Trinajstić information content (AvgIpc) is 3.12. The molecule has 3 aromatic carbocycles. The van der Waals surface area contributed by atoms with Crippen molar-refractivity contribution in [3.05, 3.63) is 96.8 Å². The standard InChI is InChI=1S/C26H18Br2N2O4S/c1-33-22-11-18(10-21(28)24(22)34-15-17-8-6-16(13-29)7-9-17)12-23-25(31)30(26(32)35-23)14-19-4-2-3-5-20(19)27/h2-12H,14-15H2,1H3/b23-12-. The van der Waals surface area contributed by atoms with Gasteiger partial charge >= 0.3 is 0 Å². The molecule has 1 saturated heterocycles. The number of nitriles is 1. The molecule has 6 nitrogen and oxygen atoms in total. The second-order valence-electron chi connectivity index (χ2n) is 7.49. The molecule has 35 heavy (non-hydrogen) atoms. The molecule has 4 rings (SSSR count). The number of halogens is 2. The minimum Gasteiger partial charge on any atom is -0.493 e. The van der Waals surface area contributed by atoms with E-state index < -0.39 is 0 Å². The fourth-order valence-corrected chi connectivity index (χ4v) is 5.20. The Morgan fingerprint density at radius 3 is 2.49 bits per heavy atom. The molecule has 0 aliphatic carbocycles. The predicted octanol–water partition coefficient (Wildman–Crippen LogP) is 6.91. The van der Waals surface area contributed by atoms with Crippen molar-refractivity contribution in [3.63, 3.8) is 0 Å². The van der Waals surface area contributed by atoms with Crippen LogP contribution in [0, 0.1) is 11.3 Å². The third-order valence-corrected chi connectivity index (χ3v) is 7.45. The molecule has 2 amide bonds. The zero-order valence-electron chi connectivity index (χ0n) is 18.5. The van der Waals surface area contributed by atoms with Gasteiger partial charge in [0.05, 0.1) is 34.7 Å². The number of imide groups is 1. The van der Waals surface area contributed by atoms with Crippen LogP contribution >= 0.6 is 43.6 Å². The third-order valence-electron chi connectivity index (χ3n) is 5.18. The quantitative estimate of drug-likeness (QED) is 0.270. The number of ether oxygens (including phenoxy) is 2. The Labute approximate surface area is 223 Å². The number of hydrogen-bond acceptors (Lipinski definition) is 6. The van der Waals surface area contributed by atoms with E-state index in [0.29, 0.717) is 32.0 Å². The Bertz CT molecular complexity index is 1370. The number of thioether (sulfide) groups is 1. The van der Waals surface area contributed by atoms with Crippen LogP contribution in [-0.4, -0.2) is 23.2 Å². The van der Waals surface area contributed by atoms with Crippen LogP contribution < -0.4 is 9.47 Å².